The van der Waals surface area contributed by atoms with E-state index in [0.29, 0.717) is 0 Å². The predicted octanol–water partition coefficient (Wildman–Crippen LogP) is 1.73. The van der Waals surface area contributed by atoms with Gasteiger partial charge in [-0.05, 0) is 19.8 Å². The SMILES string of the molecule is CC/C=C(/C)CCO. The molecule has 0 bridgehead atoms. The van der Waals surface area contributed by atoms with Crippen LogP contribution in [0, 0.1) is 0 Å². The van der Waals surface area contributed by atoms with Crippen molar-refractivity contribution in [2.24, 2.45) is 0 Å². The Bertz CT molecular complexity index is 74.5. The van der Waals surface area contributed by atoms with Crippen LogP contribution in [-0.4, -0.2) is 11.7 Å². The second-order valence-electron chi connectivity index (χ2n) is 1.93. The average molecular weight is 114 g/mol. The van der Waals surface area contributed by atoms with E-state index in [-0.39, 0.29) is 6.61 Å². The van der Waals surface area contributed by atoms with Crippen molar-refractivity contribution in [1.82, 2.24) is 0 Å². The molecule has 0 rings (SSSR count). The van der Waals surface area contributed by atoms with E-state index >= 15 is 0 Å². The van der Waals surface area contributed by atoms with Crippen LogP contribution in [0.3, 0.4) is 0 Å². The third-order valence-electron chi connectivity index (χ3n) is 1.06. The first-order valence-corrected chi connectivity index (χ1v) is 3.07. The van der Waals surface area contributed by atoms with Gasteiger partial charge in [-0.3, -0.25) is 0 Å². The minimum atomic E-state index is 0.280. The summed E-state index contributed by atoms with van der Waals surface area (Å²) >= 11 is 0. The molecule has 0 fully saturated rings. The fourth-order valence-electron chi connectivity index (χ4n) is 0.627. The summed E-state index contributed by atoms with van der Waals surface area (Å²) < 4.78 is 0. The largest absolute Gasteiger partial charge is 0.396 e. The second-order valence-corrected chi connectivity index (χ2v) is 1.93. The molecule has 0 aromatic carbocycles. The maximum atomic E-state index is 8.42. The van der Waals surface area contributed by atoms with E-state index in [0.717, 1.165) is 12.8 Å². The Morgan fingerprint density at radius 3 is 2.62 bits per heavy atom. The number of hydrogen-bond acceptors (Lipinski definition) is 1. The first-order valence-electron chi connectivity index (χ1n) is 3.07. The number of aliphatic hydroxyl groups is 1. The number of rotatable bonds is 3. The lowest BCUT2D eigenvalue weighted by atomic mass is 10.2. The minimum Gasteiger partial charge on any atom is -0.396 e. The van der Waals surface area contributed by atoms with E-state index in [1.807, 2.05) is 6.92 Å². The molecule has 48 valence electrons. The van der Waals surface area contributed by atoms with Crippen molar-refractivity contribution in [3.05, 3.63) is 11.6 Å². The van der Waals surface area contributed by atoms with Crippen LogP contribution >= 0.6 is 0 Å². The van der Waals surface area contributed by atoms with Gasteiger partial charge in [0.25, 0.3) is 0 Å². The summed E-state index contributed by atoms with van der Waals surface area (Å²) in [6.07, 6.45) is 4.04. The molecule has 0 aromatic heterocycles. The molecule has 0 atom stereocenters. The van der Waals surface area contributed by atoms with Crippen LogP contribution < -0.4 is 0 Å². The van der Waals surface area contributed by atoms with Crippen LogP contribution in [0.15, 0.2) is 11.6 Å². The smallest absolute Gasteiger partial charge is 0.0468 e. The molecule has 0 radical (unpaired) electrons. The van der Waals surface area contributed by atoms with Crippen molar-refractivity contribution >= 4 is 0 Å². The van der Waals surface area contributed by atoms with Gasteiger partial charge in [0.05, 0.1) is 0 Å². The lowest BCUT2D eigenvalue weighted by Gasteiger charge is -1.92. The number of allylic oxidation sites excluding steroid dienone is 1. The van der Waals surface area contributed by atoms with Crippen LogP contribution in [-0.2, 0) is 0 Å². The molecule has 0 unspecified atom stereocenters. The van der Waals surface area contributed by atoms with Gasteiger partial charge >= 0.3 is 0 Å². The topological polar surface area (TPSA) is 20.2 Å². The quantitative estimate of drug-likeness (QED) is 0.554. The van der Waals surface area contributed by atoms with Gasteiger partial charge in [0.2, 0.25) is 0 Å². The third kappa shape index (κ3) is 3.88. The van der Waals surface area contributed by atoms with E-state index in [9.17, 15) is 0 Å². The Kier molecular flexibility index (Phi) is 4.67. The molecule has 1 nitrogen and oxygen atoms in total. The summed E-state index contributed by atoms with van der Waals surface area (Å²) in [6, 6.07) is 0. The van der Waals surface area contributed by atoms with Crippen molar-refractivity contribution < 1.29 is 5.11 Å². The Hall–Kier alpha value is -0.300. The van der Waals surface area contributed by atoms with Crippen molar-refractivity contribution in [2.45, 2.75) is 26.7 Å². The summed E-state index contributed by atoms with van der Waals surface area (Å²) in [5.41, 5.74) is 1.29. The molecular weight excluding hydrogens is 100 g/mol. The fourth-order valence-corrected chi connectivity index (χ4v) is 0.627. The highest BCUT2D eigenvalue weighted by Gasteiger charge is 1.83. The van der Waals surface area contributed by atoms with Gasteiger partial charge in [-0.15, -0.1) is 0 Å². The van der Waals surface area contributed by atoms with Gasteiger partial charge in [0.1, 0.15) is 0 Å². The lowest BCUT2D eigenvalue weighted by molar-refractivity contribution is 0.299. The number of aliphatic hydroxyl groups excluding tert-OH is 1. The highest BCUT2D eigenvalue weighted by atomic mass is 16.2. The monoisotopic (exact) mass is 114 g/mol. The van der Waals surface area contributed by atoms with Crippen LogP contribution in [0.2, 0.25) is 0 Å². The lowest BCUT2D eigenvalue weighted by Crippen LogP contribution is -1.82. The van der Waals surface area contributed by atoms with E-state index in [1.165, 1.54) is 5.57 Å². The standard InChI is InChI=1S/C7H14O/c1-3-4-7(2)5-6-8/h4,8H,3,5-6H2,1-2H3/b7-4-. The Balaban J connectivity index is 3.29. The molecule has 1 N–H and O–H groups in total. The van der Waals surface area contributed by atoms with Crippen LogP contribution in [0.1, 0.15) is 26.7 Å². The second kappa shape index (κ2) is 4.85. The van der Waals surface area contributed by atoms with Gasteiger partial charge in [-0.2, -0.15) is 0 Å². The van der Waals surface area contributed by atoms with E-state index in [4.69, 9.17) is 5.11 Å². The van der Waals surface area contributed by atoms with Crippen molar-refractivity contribution in [2.75, 3.05) is 6.61 Å². The summed E-state index contributed by atoms with van der Waals surface area (Å²) in [5.74, 6) is 0. The molecule has 0 heterocycles. The van der Waals surface area contributed by atoms with Crippen LogP contribution in [0.5, 0.6) is 0 Å². The first-order chi connectivity index (χ1) is 3.81. The Morgan fingerprint density at radius 1 is 1.62 bits per heavy atom. The van der Waals surface area contributed by atoms with E-state index < -0.39 is 0 Å². The summed E-state index contributed by atoms with van der Waals surface area (Å²) in [7, 11) is 0. The summed E-state index contributed by atoms with van der Waals surface area (Å²) in [5, 5.41) is 8.42. The maximum absolute atomic E-state index is 8.42. The molecule has 0 aliphatic rings. The van der Waals surface area contributed by atoms with Crippen LogP contribution in [0.4, 0.5) is 0 Å². The highest BCUT2D eigenvalue weighted by molar-refractivity contribution is 4.96. The molecule has 0 aromatic rings. The Morgan fingerprint density at radius 2 is 2.25 bits per heavy atom. The molecule has 0 aliphatic carbocycles. The van der Waals surface area contributed by atoms with Crippen molar-refractivity contribution in [3.63, 3.8) is 0 Å². The van der Waals surface area contributed by atoms with E-state index in [2.05, 4.69) is 13.0 Å². The number of hydrogen-bond donors (Lipinski definition) is 1. The zero-order valence-electron chi connectivity index (χ0n) is 5.65. The molecule has 0 saturated carbocycles. The minimum absolute atomic E-state index is 0.280. The zero-order valence-corrected chi connectivity index (χ0v) is 5.65. The summed E-state index contributed by atoms with van der Waals surface area (Å²) in [6.45, 7) is 4.42. The molecule has 0 aliphatic heterocycles. The van der Waals surface area contributed by atoms with Gasteiger partial charge in [0, 0.05) is 6.61 Å². The molecular formula is C7H14O. The van der Waals surface area contributed by atoms with Gasteiger partial charge in [0.15, 0.2) is 0 Å². The van der Waals surface area contributed by atoms with Gasteiger partial charge in [-0.1, -0.05) is 18.6 Å². The molecule has 8 heavy (non-hydrogen) atoms. The first kappa shape index (κ1) is 7.70. The maximum Gasteiger partial charge on any atom is 0.0468 e. The van der Waals surface area contributed by atoms with Gasteiger partial charge < -0.3 is 5.11 Å². The van der Waals surface area contributed by atoms with Crippen LogP contribution in [0.25, 0.3) is 0 Å². The summed E-state index contributed by atoms with van der Waals surface area (Å²) in [4.78, 5) is 0. The molecule has 0 spiro atoms. The third-order valence-corrected chi connectivity index (χ3v) is 1.06. The zero-order chi connectivity index (χ0) is 6.41. The molecule has 0 saturated heterocycles. The predicted molar refractivity (Wildman–Crippen MR) is 35.8 cm³/mol. The average Bonchev–Trinajstić information content (AvgIpc) is 1.68. The normalized spacial score (nSPS) is 12.1. The highest BCUT2D eigenvalue weighted by Crippen LogP contribution is 1.98. The molecule has 0 amide bonds. The Labute approximate surface area is 51.0 Å². The van der Waals surface area contributed by atoms with Crippen molar-refractivity contribution in [1.29, 1.82) is 0 Å². The fraction of sp³-hybridized carbons (Fsp3) is 0.714. The molecule has 1 heteroatoms. The van der Waals surface area contributed by atoms with E-state index in [1.54, 1.807) is 0 Å². The van der Waals surface area contributed by atoms with Crippen molar-refractivity contribution in [3.8, 4) is 0 Å². The van der Waals surface area contributed by atoms with Gasteiger partial charge in [-0.25, -0.2) is 0 Å².